The van der Waals surface area contributed by atoms with Crippen LogP contribution >= 0.6 is 0 Å². The van der Waals surface area contributed by atoms with Crippen molar-refractivity contribution in [2.45, 2.75) is 38.1 Å². The highest BCUT2D eigenvalue weighted by Crippen LogP contribution is 2.31. The first-order chi connectivity index (χ1) is 10.0. The number of aliphatic hydroxyl groups excluding tert-OH is 1. The van der Waals surface area contributed by atoms with Crippen LogP contribution in [-0.2, 0) is 4.79 Å². The Kier molecular flexibility index (Phi) is 5.01. The molecule has 0 bridgehead atoms. The zero-order valence-corrected chi connectivity index (χ0v) is 12.2. The molecule has 116 valence electrons. The van der Waals surface area contributed by atoms with Gasteiger partial charge in [0.15, 0.2) is 5.76 Å². The van der Waals surface area contributed by atoms with Crippen molar-refractivity contribution in [2.75, 3.05) is 13.2 Å². The fraction of sp³-hybridized carbons (Fsp3) is 0.600. The Morgan fingerprint density at radius 3 is 2.71 bits per heavy atom. The molecular weight excluding hydrogens is 272 g/mol. The molecule has 1 fully saturated rings. The molecule has 1 saturated carbocycles. The van der Waals surface area contributed by atoms with Gasteiger partial charge in [0.25, 0.3) is 5.91 Å². The summed E-state index contributed by atoms with van der Waals surface area (Å²) in [6.45, 7) is 1.97. The zero-order chi connectivity index (χ0) is 15.3. The van der Waals surface area contributed by atoms with Crippen LogP contribution in [0.1, 0.15) is 43.2 Å². The van der Waals surface area contributed by atoms with Crippen LogP contribution < -0.4 is 10.6 Å². The number of hydrogen-bond acceptors (Lipinski definition) is 4. The summed E-state index contributed by atoms with van der Waals surface area (Å²) < 4.78 is 4.95. The summed E-state index contributed by atoms with van der Waals surface area (Å²) in [4.78, 5) is 23.6. The van der Waals surface area contributed by atoms with Crippen LogP contribution in [0.15, 0.2) is 22.8 Å². The van der Waals surface area contributed by atoms with E-state index in [0.29, 0.717) is 5.92 Å². The van der Waals surface area contributed by atoms with Gasteiger partial charge in [-0.25, -0.2) is 0 Å². The largest absolute Gasteiger partial charge is 0.459 e. The van der Waals surface area contributed by atoms with Crippen molar-refractivity contribution in [1.82, 2.24) is 10.6 Å². The van der Waals surface area contributed by atoms with Gasteiger partial charge in [0.2, 0.25) is 5.91 Å². The van der Waals surface area contributed by atoms with Crippen molar-refractivity contribution in [3.05, 3.63) is 24.2 Å². The third-order valence-corrected chi connectivity index (χ3v) is 4.09. The van der Waals surface area contributed by atoms with Gasteiger partial charge >= 0.3 is 0 Å². The van der Waals surface area contributed by atoms with Gasteiger partial charge in [-0.05, 0) is 43.7 Å². The molecule has 1 aliphatic rings. The van der Waals surface area contributed by atoms with Gasteiger partial charge in [-0.1, -0.05) is 6.92 Å². The number of carbonyl (C=O) groups is 2. The molecule has 21 heavy (non-hydrogen) atoms. The molecule has 0 saturated heterocycles. The number of nitrogens with one attached hydrogen (secondary N) is 2. The molecule has 2 amide bonds. The Labute approximate surface area is 123 Å². The van der Waals surface area contributed by atoms with Crippen LogP contribution in [0.3, 0.4) is 0 Å². The van der Waals surface area contributed by atoms with Crippen molar-refractivity contribution in [2.24, 2.45) is 5.92 Å². The van der Waals surface area contributed by atoms with Crippen LogP contribution in [0.4, 0.5) is 0 Å². The molecule has 1 heterocycles. The summed E-state index contributed by atoms with van der Waals surface area (Å²) in [6.07, 6.45) is 4.91. The Morgan fingerprint density at radius 1 is 1.43 bits per heavy atom. The zero-order valence-electron chi connectivity index (χ0n) is 12.2. The van der Waals surface area contributed by atoms with Crippen molar-refractivity contribution >= 4 is 11.8 Å². The van der Waals surface area contributed by atoms with E-state index in [0.717, 1.165) is 25.7 Å². The van der Waals surface area contributed by atoms with E-state index < -0.39 is 11.4 Å². The Bertz CT molecular complexity index is 476. The molecule has 1 aromatic heterocycles. The topological polar surface area (TPSA) is 91.6 Å². The van der Waals surface area contributed by atoms with Gasteiger partial charge in [0, 0.05) is 0 Å². The maximum Gasteiger partial charge on any atom is 0.287 e. The first kappa shape index (κ1) is 15.6. The van der Waals surface area contributed by atoms with Crippen LogP contribution in [0.25, 0.3) is 0 Å². The molecule has 6 nitrogen and oxygen atoms in total. The minimum absolute atomic E-state index is 0.0718. The van der Waals surface area contributed by atoms with Crippen LogP contribution in [-0.4, -0.2) is 35.6 Å². The average molecular weight is 294 g/mol. The quantitative estimate of drug-likeness (QED) is 0.757. The van der Waals surface area contributed by atoms with E-state index in [1.807, 2.05) is 0 Å². The lowest BCUT2D eigenvalue weighted by Crippen LogP contribution is -2.55. The molecular formula is C15H22N2O4. The second-order valence-corrected chi connectivity index (χ2v) is 5.83. The van der Waals surface area contributed by atoms with Crippen LogP contribution in [0, 0.1) is 5.92 Å². The van der Waals surface area contributed by atoms with Gasteiger partial charge in [-0.2, -0.15) is 0 Å². The number of rotatable bonds is 5. The fourth-order valence-electron chi connectivity index (χ4n) is 2.63. The molecule has 0 radical (unpaired) electrons. The Morgan fingerprint density at radius 2 is 2.14 bits per heavy atom. The van der Waals surface area contributed by atoms with E-state index in [-0.39, 0.29) is 24.8 Å². The predicted octanol–water partition coefficient (Wildman–Crippen LogP) is 1.07. The lowest BCUT2D eigenvalue weighted by Gasteiger charge is -2.38. The first-order valence-electron chi connectivity index (χ1n) is 7.28. The highest BCUT2D eigenvalue weighted by molar-refractivity contribution is 5.94. The maximum absolute atomic E-state index is 12.0. The van der Waals surface area contributed by atoms with Crippen molar-refractivity contribution < 1.29 is 19.1 Å². The van der Waals surface area contributed by atoms with E-state index in [4.69, 9.17) is 4.42 Å². The molecule has 0 aliphatic heterocycles. The van der Waals surface area contributed by atoms with Crippen molar-refractivity contribution in [1.29, 1.82) is 0 Å². The standard InChI is InChI=1S/C15H22N2O4/c1-11-4-6-15(10-18,7-5-11)17-13(19)9-16-14(20)12-3-2-8-21-12/h2-3,8,11,18H,4-7,9-10H2,1H3,(H,16,20)(H,17,19). The van der Waals surface area contributed by atoms with Gasteiger partial charge in [0.1, 0.15) is 0 Å². The minimum Gasteiger partial charge on any atom is -0.459 e. The lowest BCUT2D eigenvalue weighted by molar-refractivity contribution is -0.123. The average Bonchev–Trinajstić information content (AvgIpc) is 3.02. The number of hydrogen-bond donors (Lipinski definition) is 3. The summed E-state index contributed by atoms with van der Waals surface area (Å²) >= 11 is 0. The fourth-order valence-corrected chi connectivity index (χ4v) is 2.63. The highest BCUT2D eigenvalue weighted by Gasteiger charge is 2.34. The molecule has 1 aromatic rings. The Balaban J connectivity index is 1.82. The Hall–Kier alpha value is -1.82. The molecule has 3 N–H and O–H groups in total. The summed E-state index contributed by atoms with van der Waals surface area (Å²) in [6, 6.07) is 3.14. The lowest BCUT2D eigenvalue weighted by atomic mass is 9.77. The van der Waals surface area contributed by atoms with Gasteiger partial charge in [0.05, 0.1) is 25.0 Å². The summed E-state index contributed by atoms with van der Waals surface area (Å²) in [5.74, 6) is 0.0790. The van der Waals surface area contributed by atoms with Gasteiger partial charge in [-0.3, -0.25) is 9.59 Å². The molecule has 1 aliphatic carbocycles. The van der Waals surface area contributed by atoms with E-state index >= 15 is 0 Å². The number of furan rings is 1. The van der Waals surface area contributed by atoms with E-state index in [1.165, 1.54) is 12.3 Å². The summed E-state index contributed by atoms with van der Waals surface area (Å²) in [5, 5.41) is 15.0. The SMILES string of the molecule is CC1CCC(CO)(NC(=O)CNC(=O)c2ccco2)CC1. The third-order valence-electron chi connectivity index (χ3n) is 4.09. The minimum atomic E-state index is -0.543. The third kappa shape index (κ3) is 4.07. The second kappa shape index (κ2) is 6.76. The number of aliphatic hydroxyl groups is 1. The monoisotopic (exact) mass is 294 g/mol. The van der Waals surface area contributed by atoms with Gasteiger partial charge < -0.3 is 20.2 Å². The van der Waals surface area contributed by atoms with Crippen molar-refractivity contribution in [3.63, 3.8) is 0 Å². The summed E-state index contributed by atoms with van der Waals surface area (Å²) in [5.41, 5.74) is -0.543. The predicted molar refractivity (Wildman–Crippen MR) is 76.6 cm³/mol. The van der Waals surface area contributed by atoms with Crippen molar-refractivity contribution in [3.8, 4) is 0 Å². The first-order valence-corrected chi connectivity index (χ1v) is 7.28. The van der Waals surface area contributed by atoms with Crippen LogP contribution in [0.5, 0.6) is 0 Å². The molecule has 6 heteroatoms. The molecule has 0 unspecified atom stereocenters. The van der Waals surface area contributed by atoms with Gasteiger partial charge in [-0.15, -0.1) is 0 Å². The van der Waals surface area contributed by atoms with E-state index in [2.05, 4.69) is 17.6 Å². The summed E-state index contributed by atoms with van der Waals surface area (Å²) in [7, 11) is 0. The van der Waals surface area contributed by atoms with E-state index in [1.54, 1.807) is 6.07 Å². The second-order valence-electron chi connectivity index (χ2n) is 5.83. The normalized spacial score (nSPS) is 25.3. The molecule has 0 aromatic carbocycles. The molecule has 0 atom stereocenters. The smallest absolute Gasteiger partial charge is 0.287 e. The number of carbonyl (C=O) groups excluding carboxylic acids is 2. The van der Waals surface area contributed by atoms with Crippen LogP contribution in [0.2, 0.25) is 0 Å². The molecule has 0 spiro atoms. The van der Waals surface area contributed by atoms with E-state index in [9.17, 15) is 14.7 Å². The molecule has 2 rings (SSSR count). The number of amides is 2. The highest BCUT2D eigenvalue weighted by atomic mass is 16.3. The maximum atomic E-state index is 12.0.